The molecule has 0 bridgehead atoms. The van der Waals surface area contributed by atoms with E-state index in [0.717, 1.165) is 25.7 Å². The number of carboxylic acid groups (broad SMARTS) is 1. The molecule has 0 aliphatic heterocycles. The zero-order valence-corrected chi connectivity index (χ0v) is 12.3. The van der Waals surface area contributed by atoms with Gasteiger partial charge in [0.25, 0.3) is 5.69 Å². The molecule has 1 aliphatic carbocycles. The van der Waals surface area contributed by atoms with E-state index in [1.807, 2.05) is 0 Å². The van der Waals surface area contributed by atoms with E-state index < -0.39 is 10.9 Å². The van der Waals surface area contributed by atoms with Crippen molar-refractivity contribution in [1.82, 2.24) is 0 Å². The van der Waals surface area contributed by atoms with Crippen LogP contribution in [-0.4, -0.2) is 22.0 Å². The topological polar surface area (TPSA) is 92.5 Å². The Morgan fingerprint density at radius 1 is 1.38 bits per heavy atom. The third-order valence-corrected chi connectivity index (χ3v) is 4.13. The molecule has 0 unspecified atom stereocenters. The fourth-order valence-electron chi connectivity index (χ4n) is 2.73. The number of aromatic carboxylic acids is 1. The lowest BCUT2D eigenvalue weighted by atomic mass is 9.75. The first-order valence-electron chi connectivity index (χ1n) is 7.07. The zero-order chi connectivity index (χ0) is 15.6. The maximum absolute atomic E-state index is 11.0. The van der Waals surface area contributed by atoms with Gasteiger partial charge in [-0.05, 0) is 43.2 Å². The van der Waals surface area contributed by atoms with Crippen LogP contribution in [0.3, 0.4) is 0 Å². The molecule has 6 heteroatoms. The highest BCUT2D eigenvalue weighted by Gasteiger charge is 2.27. The normalized spacial score (nSPS) is 18.2. The average Bonchev–Trinajstić information content (AvgIpc) is 2.41. The van der Waals surface area contributed by atoms with Gasteiger partial charge in [-0.2, -0.15) is 0 Å². The van der Waals surface area contributed by atoms with Gasteiger partial charge in [0.15, 0.2) is 0 Å². The summed E-state index contributed by atoms with van der Waals surface area (Å²) in [4.78, 5) is 21.3. The number of hydrogen-bond donors (Lipinski definition) is 2. The van der Waals surface area contributed by atoms with Crippen LogP contribution in [0.1, 0.15) is 49.9 Å². The van der Waals surface area contributed by atoms with E-state index in [4.69, 9.17) is 5.11 Å². The quantitative estimate of drug-likeness (QED) is 0.652. The van der Waals surface area contributed by atoms with E-state index in [2.05, 4.69) is 19.2 Å². The number of hydrogen-bond acceptors (Lipinski definition) is 4. The van der Waals surface area contributed by atoms with E-state index >= 15 is 0 Å². The van der Waals surface area contributed by atoms with Crippen LogP contribution in [0.4, 0.5) is 11.4 Å². The predicted octanol–water partition coefficient (Wildman–Crippen LogP) is 3.67. The van der Waals surface area contributed by atoms with Gasteiger partial charge in [0.1, 0.15) is 5.56 Å². The molecule has 6 nitrogen and oxygen atoms in total. The molecular formula is C15H20N2O4. The first kappa shape index (κ1) is 15.3. The molecule has 1 aliphatic rings. The van der Waals surface area contributed by atoms with Crippen molar-refractivity contribution in [2.75, 3.05) is 5.32 Å². The number of benzene rings is 1. The lowest BCUT2D eigenvalue weighted by molar-refractivity contribution is -0.385. The average molecular weight is 292 g/mol. The standard InChI is InChI=1S/C15H20N2O4/c1-15(2)7-5-10(6-8-15)16-11-3-4-12(14(18)19)13(9-11)17(20)21/h3-4,9-10,16H,5-8H2,1-2H3,(H,18,19). The smallest absolute Gasteiger partial charge is 0.342 e. The van der Waals surface area contributed by atoms with Crippen LogP contribution < -0.4 is 5.32 Å². The van der Waals surface area contributed by atoms with E-state index in [0.29, 0.717) is 11.1 Å². The molecule has 2 N–H and O–H groups in total. The summed E-state index contributed by atoms with van der Waals surface area (Å²) in [5.74, 6) is -1.28. The van der Waals surface area contributed by atoms with E-state index in [9.17, 15) is 14.9 Å². The van der Waals surface area contributed by atoms with Crippen LogP contribution in [-0.2, 0) is 0 Å². The van der Waals surface area contributed by atoms with Crippen molar-refractivity contribution in [3.05, 3.63) is 33.9 Å². The monoisotopic (exact) mass is 292 g/mol. The molecule has 1 saturated carbocycles. The summed E-state index contributed by atoms with van der Waals surface area (Å²) in [5.41, 5.74) is 0.313. The highest BCUT2D eigenvalue weighted by molar-refractivity contribution is 5.93. The zero-order valence-electron chi connectivity index (χ0n) is 12.3. The molecule has 21 heavy (non-hydrogen) atoms. The number of carbonyl (C=O) groups is 1. The van der Waals surface area contributed by atoms with Crippen molar-refractivity contribution < 1.29 is 14.8 Å². The molecule has 0 spiro atoms. The Balaban J connectivity index is 2.13. The lowest BCUT2D eigenvalue weighted by Crippen LogP contribution is -2.29. The number of anilines is 1. The van der Waals surface area contributed by atoms with E-state index in [-0.39, 0.29) is 17.3 Å². The van der Waals surface area contributed by atoms with Crippen molar-refractivity contribution in [1.29, 1.82) is 0 Å². The van der Waals surface area contributed by atoms with Crippen LogP contribution in [0.25, 0.3) is 0 Å². The van der Waals surface area contributed by atoms with Gasteiger partial charge in [-0.25, -0.2) is 4.79 Å². The number of nitrogens with zero attached hydrogens (tertiary/aromatic N) is 1. The summed E-state index contributed by atoms with van der Waals surface area (Å²) in [7, 11) is 0. The molecule has 0 saturated heterocycles. The largest absolute Gasteiger partial charge is 0.477 e. The fourth-order valence-corrected chi connectivity index (χ4v) is 2.73. The Bertz CT molecular complexity index is 559. The van der Waals surface area contributed by atoms with Crippen molar-refractivity contribution in [3.63, 3.8) is 0 Å². The van der Waals surface area contributed by atoms with Crippen LogP contribution in [0.5, 0.6) is 0 Å². The number of nitrogens with one attached hydrogen (secondary N) is 1. The van der Waals surface area contributed by atoms with Gasteiger partial charge in [-0.15, -0.1) is 0 Å². The highest BCUT2D eigenvalue weighted by atomic mass is 16.6. The van der Waals surface area contributed by atoms with Crippen LogP contribution in [0.15, 0.2) is 18.2 Å². The molecule has 2 rings (SSSR count). The van der Waals surface area contributed by atoms with Crippen LogP contribution in [0, 0.1) is 15.5 Å². The Kier molecular flexibility index (Phi) is 4.16. The molecule has 1 aromatic carbocycles. The Morgan fingerprint density at radius 3 is 2.52 bits per heavy atom. The maximum Gasteiger partial charge on any atom is 0.342 e. The second-order valence-corrected chi connectivity index (χ2v) is 6.38. The first-order valence-corrected chi connectivity index (χ1v) is 7.07. The second kappa shape index (κ2) is 5.71. The van der Waals surface area contributed by atoms with Crippen molar-refractivity contribution in [2.45, 2.75) is 45.6 Å². The first-order chi connectivity index (χ1) is 9.78. The summed E-state index contributed by atoms with van der Waals surface area (Å²) in [5, 5.41) is 23.2. The van der Waals surface area contributed by atoms with Gasteiger partial charge < -0.3 is 10.4 Å². The predicted molar refractivity (Wildman–Crippen MR) is 79.7 cm³/mol. The molecule has 0 radical (unpaired) electrons. The number of nitro groups is 1. The highest BCUT2D eigenvalue weighted by Crippen LogP contribution is 2.36. The molecule has 1 fully saturated rings. The van der Waals surface area contributed by atoms with Gasteiger partial charge in [0.05, 0.1) is 4.92 Å². The number of carboxylic acids is 1. The van der Waals surface area contributed by atoms with Gasteiger partial charge >= 0.3 is 5.97 Å². The number of rotatable bonds is 4. The van der Waals surface area contributed by atoms with Crippen molar-refractivity contribution in [2.24, 2.45) is 5.41 Å². The molecule has 1 aromatic rings. The molecule has 0 aromatic heterocycles. The Morgan fingerprint density at radius 2 is 2.00 bits per heavy atom. The Hall–Kier alpha value is -2.11. The van der Waals surface area contributed by atoms with Crippen LogP contribution >= 0.6 is 0 Å². The molecule has 0 amide bonds. The summed E-state index contributed by atoms with van der Waals surface area (Å²) < 4.78 is 0. The summed E-state index contributed by atoms with van der Waals surface area (Å²) >= 11 is 0. The van der Waals surface area contributed by atoms with E-state index in [1.54, 1.807) is 6.07 Å². The molecule has 114 valence electrons. The van der Waals surface area contributed by atoms with Crippen molar-refractivity contribution >= 4 is 17.3 Å². The van der Waals surface area contributed by atoms with Crippen LogP contribution in [0.2, 0.25) is 0 Å². The van der Waals surface area contributed by atoms with Gasteiger partial charge in [-0.3, -0.25) is 10.1 Å². The fraction of sp³-hybridized carbons (Fsp3) is 0.533. The third-order valence-electron chi connectivity index (χ3n) is 4.13. The molecule has 0 atom stereocenters. The second-order valence-electron chi connectivity index (χ2n) is 6.38. The Labute approximate surface area is 123 Å². The third kappa shape index (κ3) is 3.71. The SMILES string of the molecule is CC1(C)CCC(Nc2ccc(C(=O)O)c([N+](=O)[O-])c2)CC1. The summed E-state index contributed by atoms with van der Waals surface area (Å²) in [6.07, 6.45) is 4.25. The maximum atomic E-state index is 11.0. The number of nitro benzene ring substituents is 1. The minimum atomic E-state index is -1.28. The van der Waals surface area contributed by atoms with Crippen molar-refractivity contribution in [3.8, 4) is 0 Å². The molecular weight excluding hydrogens is 272 g/mol. The van der Waals surface area contributed by atoms with Gasteiger partial charge in [0, 0.05) is 17.8 Å². The van der Waals surface area contributed by atoms with E-state index in [1.165, 1.54) is 12.1 Å². The van der Waals surface area contributed by atoms with Gasteiger partial charge in [-0.1, -0.05) is 13.8 Å². The minimum Gasteiger partial charge on any atom is -0.477 e. The summed E-state index contributed by atoms with van der Waals surface area (Å²) in [6, 6.07) is 4.47. The minimum absolute atomic E-state index is 0.282. The lowest BCUT2D eigenvalue weighted by Gasteiger charge is -2.35. The van der Waals surface area contributed by atoms with Gasteiger partial charge in [0.2, 0.25) is 0 Å². The molecule has 0 heterocycles. The summed E-state index contributed by atoms with van der Waals surface area (Å²) in [6.45, 7) is 4.49.